The number of aliphatic hydroxyl groups is 1. The summed E-state index contributed by atoms with van der Waals surface area (Å²) in [5.74, 6) is -3.56. The van der Waals surface area contributed by atoms with E-state index in [0.29, 0.717) is 19.4 Å². The lowest BCUT2D eigenvalue weighted by atomic mass is 10.1. The number of carboxylic acids is 1. The highest BCUT2D eigenvalue weighted by atomic mass is 16.4. The summed E-state index contributed by atoms with van der Waals surface area (Å²) in [5.41, 5.74) is 21.1. The number of carboxylic acid groups (broad SMARTS) is 1. The first-order chi connectivity index (χ1) is 17.4. The number of aliphatic carboxylic acids is 1. The van der Waals surface area contributed by atoms with Gasteiger partial charge >= 0.3 is 5.97 Å². The lowest BCUT2D eigenvalue weighted by Gasteiger charge is -2.26. The van der Waals surface area contributed by atoms with Crippen LogP contribution in [0.4, 0.5) is 0 Å². The van der Waals surface area contributed by atoms with Crippen molar-refractivity contribution < 1.29 is 29.4 Å². The van der Waals surface area contributed by atoms with E-state index < -0.39 is 48.1 Å². The van der Waals surface area contributed by atoms with Crippen LogP contribution >= 0.6 is 0 Å². The average Bonchev–Trinajstić information content (AvgIpc) is 3.35. The summed E-state index contributed by atoms with van der Waals surface area (Å²) in [6.07, 6.45) is 0.840. The molecule has 1 aliphatic heterocycles. The quantitative estimate of drug-likeness (QED) is 0.0520. The summed E-state index contributed by atoms with van der Waals surface area (Å²) >= 11 is 0. The number of carbonyl (C=O) groups is 4. The zero-order chi connectivity index (χ0) is 28.0. The molecule has 0 aliphatic carbocycles. The van der Waals surface area contributed by atoms with Crippen molar-refractivity contribution in [1.82, 2.24) is 21.3 Å². The number of hydrogen-bond acceptors (Lipinski definition) is 8. The molecule has 0 radical (unpaired) electrons. The predicted octanol–water partition coefficient (Wildman–Crippen LogP) is -4.23. The van der Waals surface area contributed by atoms with Gasteiger partial charge in [-0.15, -0.1) is 0 Å². The third-order valence-corrected chi connectivity index (χ3v) is 5.58. The van der Waals surface area contributed by atoms with Gasteiger partial charge in [0.1, 0.15) is 18.1 Å². The van der Waals surface area contributed by atoms with Crippen LogP contribution in [0.2, 0.25) is 0 Å². The van der Waals surface area contributed by atoms with Crippen LogP contribution in [0.25, 0.3) is 0 Å². The number of amides is 3. The summed E-state index contributed by atoms with van der Waals surface area (Å²) in [6.45, 7) is 2.33. The number of nitrogens with two attached hydrogens (primary N) is 4. The second-order valence-corrected chi connectivity index (χ2v) is 8.73. The van der Waals surface area contributed by atoms with E-state index in [1.165, 1.54) is 6.92 Å². The molecule has 3 amide bonds. The number of nitrogens with zero attached hydrogens (tertiary/aromatic N) is 2. The van der Waals surface area contributed by atoms with E-state index in [1.54, 1.807) is 0 Å². The first-order valence-corrected chi connectivity index (χ1v) is 12.1. The first kappa shape index (κ1) is 31.4. The maximum atomic E-state index is 13.1. The Bertz CT molecular complexity index is 836. The SMILES string of the molecule is CC(O)C(NC(=O)C(CCCN=C(N)N)NC(=O)C1CCCN1)C(=O)NC(CCCN=C(N)N)C(=O)O. The van der Waals surface area contributed by atoms with Crippen LogP contribution in [0, 0.1) is 0 Å². The van der Waals surface area contributed by atoms with Gasteiger partial charge in [-0.2, -0.15) is 0 Å². The van der Waals surface area contributed by atoms with Gasteiger partial charge in [0.15, 0.2) is 11.9 Å². The van der Waals surface area contributed by atoms with Gasteiger partial charge < -0.3 is 54.4 Å². The number of aliphatic imine (C=N–C) groups is 2. The minimum Gasteiger partial charge on any atom is -0.480 e. The van der Waals surface area contributed by atoms with Crippen molar-refractivity contribution in [3.8, 4) is 0 Å². The number of carbonyl (C=O) groups excluding carboxylic acids is 3. The predicted molar refractivity (Wildman–Crippen MR) is 136 cm³/mol. The normalized spacial score (nSPS) is 17.9. The number of nitrogens with one attached hydrogen (secondary N) is 4. The maximum Gasteiger partial charge on any atom is 0.326 e. The highest BCUT2D eigenvalue weighted by Crippen LogP contribution is 2.08. The van der Waals surface area contributed by atoms with Crippen LogP contribution in [0.1, 0.15) is 45.4 Å². The molecule has 16 nitrogen and oxygen atoms in total. The fourth-order valence-corrected chi connectivity index (χ4v) is 3.63. The molecular formula is C21H40N10O6. The molecule has 210 valence electrons. The van der Waals surface area contributed by atoms with Gasteiger partial charge in [0.2, 0.25) is 17.7 Å². The molecule has 5 atom stereocenters. The van der Waals surface area contributed by atoms with E-state index >= 15 is 0 Å². The Morgan fingerprint density at radius 1 is 0.919 bits per heavy atom. The minimum absolute atomic E-state index is 0.0101. The largest absolute Gasteiger partial charge is 0.480 e. The average molecular weight is 529 g/mol. The van der Waals surface area contributed by atoms with Crippen molar-refractivity contribution in [2.75, 3.05) is 19.6 Å². The van der Waals surface area contributed by atoms with Gasteiger partial charge in [0.05, 0.1) is 12.1 Å². The summed E-state index contributed by atoms with van der Waals surface area (Å²) in [5, 5.41) is 30.0. The van der Waals surface area contributed by atoms with E-state index in [-0.39, 0.29) is 50.2 Å². The molecule has 0 saturated carbocycles. The maximum absolute atomic E-state index is 13.1. The number of aliphatic hydroxyl groups excluding tert-OH is 1. The van der Waals surface area contributed by atoms with Crippen LogP contribution < -0.4 is 44.2 Å². The molecule has 0 aromatic rings. The van der Waals surface area contributed by atoms with Crippen molar-refractivity contribution in [1.29, 1.82) is 0 Å². The smallest absolute Gasteiger partial charge is 0.326 e. The molecule has 1 fully saturated rings. The Hall–Kier alpha value is -3.66. The van der Waals surface area contributed by atoms with Crippen molar-refractivity contribution in [2.24, 2.45) is 32.9 Å². The molecule has 1 rings (SSSR count). The van der Waals surface area contributed by atoms with Gasteiger partial charge in [-0.25, -0.2) is 4.79 Å². The van der Waals surface area contributed by atoms with Crippen molar-refractivity contribution in [3.05, 3.63) is 0 Å². The third kappa shape index (κ3) is 12.2. The molecule has 0 aromatic heterocycles. The Morgan fingerprint density at radius 3 is 1.95 bits per heavy atom. The standard InChI is InChI=1S/C21H40N10O6/c1-11(32)15(18(35)30-14(19(36)37)7-4-10-28-21(24)25)31-17(34)13(6-3-9-27-20(22)23)29-16(33)12-5-2-8-26-12/h11-15,26,32H,2-10H2,1H3,(H,29,33)(H,30,35)(H,31,34)(H,36,37)(H4,22,23,27)(H4,24,25,28). The molecule has 0 spiro atoms. The Kier molecular flexibility index (Phi) is 13.7. The van der Waals surface area contributed by atoms with Gasteiger partial charge in [0.25, 0.3) is 0 Å². The lowest BCUT2D eigenvalue weighted by Crippen LogP contribution is -2.59. The molecule has 1 heterocycles. The molecule has 14 N–H and O–H groups in total. The Morgan fingerprint density at radius 2 is 1.49 bits per heavy atom. The van der Waals surface area contributed by atoms with Crippen LogP contribution in [0.5, 0.6) is 0 Å². The second kappa shape index (κ2) is 16.2. The first-order valence-electron chi connectivity index (χ1n) is 12.1. The van der Waals surface area contributed by atoms with Gasteiger partial charge in [-0.3, -0.25) is 24.4 Å². The molecule has 16 heteroatoms. The Balaban J connectivity index is 2.88. The molecule has 37 heavy (non-hydrogen) atoms. The fourth-order valence-electron chi connectivity index (χ4n) is 3.63. The Labute approximate surface area is 215 Å². The summed E-state index contributed by atoms with van der Waals surface area (Å²) in [4.78, 5) is 57.7. The molecule has 5 unspecified atom stereocenters. The minimum atomic E-state index is -1.48. The van der Waals surface area contributed by atoms with Crippen molar-refractivity contribution in [2.45, 2.75) is 75.7 Å². The molecule has 0 aromatic carbocycles. The van der Waals surface area contributed by atoms with Crippen molar-refractivity contribution >= 4 is 35.6 Å². The van der Waals surface area contributed by atoms with E-state index in [4.69, 9.17) is 22.9 Å². The van der Waals surface area contributed by atoms with Crippen LogP contribution in [-0.2, 0) is 19.2 Å². The highest BCUT2D eigenvalue weighted by molar-refractivity contribution is 5.94. The zero-order valence-corrected chi connectivity index (χ0v) is 21.0. The van der Waals surface area contributed by atoms with E-state index in [0.717, 1.165) is 6.42 Å². The molecule has 1 saturated heterocycles. The van der Waals surface area contributed by atoms with E-state index in [2.05, 4.69) is 31.3 Å². The van der Waals surface area contributed by atoms with Gasteiger partial charge in [0, 0.05) is 13.1 Å². The third-order valence-electron chi connectivity index (χ3n) is 5.58. The van der Waals surface area contributed by atoms with Crippen LogP contribution in [0.3, 0.4) is 0 Å². The van der Waals surface area contributed by atoms with E-state index in [9.17, 15) is 29.4 Å². The second-order valence-electron chi connectivity index (χ2n) is 8.73. The van der Waals surface area contributed by atoms with Gasteiger partial charge in [-0.1, -0.05) is 0 Å². The van der Waals surface area contributed by atoms with Crippen LogP contribution in [0.15, 0.2) is 9.98 Å². The molecule has 0 bridgehead atoms. The van der Waals surface area contributed by atoms with Gasteiger partial charge in [-0.05, 0) is 52.0 Å². The summed E-state index contributed by atoms with van der Waals surface area (Å²) in [7, 11) is 0. The summed E-state index contributed by atoms with van der Waals surface area (Å²) in [6, 6.07) is -4.27. The fraction of sp³-hybridized carbons (Fsp3) is 0.714. The van der Waals surface area contributed by atoms with E-state index in [1.807, 2.05) is 0 Å². The van der Waals surface area contributed by atoms with Crippen molar-refractivity contribution in [3.63, 3.8) is 0 Å². The number of rotatable bonds is 16. The number of guanidine groups is 2. The van der Waals surface area contributed by atoms with Crippen LogP contribution in [-0.4, -0.2) is 95.7 Å². The summed E-state index contributed by atoms with van der Waals surface area (Å²) < 4.78 is 0. The number of hydrogen-bond donors (Lipinski definition) is 10. The highest BCUT2D eigenvalue weighted by Gasteiger charge is 2.33. The monoisotopic (exact) mass is 528 g/mol. The zero-order valence-electron chi connectivity index (χ0n) is 21.0. The molecule has 1 aliphatic rings. The lowest BCUT2D eigenvalue weighted by molar-refractivity contribution is -0.143. The molecular weight excluding hydrogens is 488 g/mol. The topological polar surface area (TPSA) is 286 Å².